The van der Waals surface area contributed by atoms with Crippen LogP contribution in [0.2, 0.25) is 0 Å². The second-order valence-electron chi connectivity index (χ2n) is 7.97. The van der Waals surface area contributed by atoms with E-state index in [4.69, 9.17) is 10.5 Å². The topological polar surface area (TPSA) is 110 Å². The summed E-state index contributed by atoms with van der Waals surface area (Å²) in [5.74, 6) is 0.0288. The zero-order valence-electron chi connectivity index (χ0n) is 17.7. The van der Waals surface area contributed by atoms with Crippen LogP contribution in [0.1, 0.15) is 39.0 Å². The minimum Gasteiger partial charge on any atom is -0.383 e. The molecule has 0 unspecified atom stereocenters. The summed E-state index contributed by atoms with van der Waals surface area (Å²) < 4.78 is 44.6. The number of nitrogens with one attached hydrogen (secondary N) is 1. The Labute approximate surface area is 185 Å². The highest BCUT2D eigenvalue weighted by Crippen LogP contribution is 2.34. The number of carbonyl (C=O) groups is 1. The average molecular weight is 456 g/mol. The molecule has 170 valence electrons. The van der Waals surface area contributed by atoms with Crippen LogP contribution in [0.3, 0.4) is 0 Å². The molecule has 0 bridgehead atoms. The second kappa shape index (κ2) is 7.41. The number of likely N-dealkylation sites (N-methyl/N-ethyl adjacent to an activating group) is 1. The van der Waals surface area contributed by atoms with Gasteiger partial charge in [-0.15, -0.1) is 0 Å². The zero-order valence-corrected chi connectivity index (χ0v) is 17.7. The maximum atomic E-state index is 13.3. The molecule has 0 radical (unpaired) electrons. The normalized spacial score (nSPS) is 16.2. The first-order valence-corrected chi connectivity index (χ1v) is 10.1. The van der Waals surface area contributed by atoms with Crippen molar-refractivity contribution in [3.05, 3.63) is 58.5 Å². The van der Waals surface area contributed by atoms with Crippen LogP contribution in [-0.4, -0.2) is 44.6 Å². The molecular weight excluding hydrogens is 437 g/mol. The Hall–Kier alpha value is -3.73. The van der Waals surface area contributed by atoms with Crippen molar-refractivity contribution in [2.24, 2.45) is 0 Å². The monoisotopic (exact) mass is 456 g/mol. The number of benzene rings is 1. The maximum Gasteiger partial charge on any atom is 0.433 e. The molecule has 3 N–H and O–H groups in total. The van der Waals surface area contributed by atoms with Crippen LogP contribution >= 0.6 is 0 Å². The molecule has 0 fully saturated rings. The van der Waals surface area contributed by atoms with E-state index >= 15 is 0 Å². The second-order valence-corrected chi connectivity index (χ2v) is 7.97. The van der Waals surface area contributed by atoms with E-state index in [0.717, 1.165) is 6.07 Å². The third kappa shape index (κ3) is 3.44. The van der Waals surface area contributed by atoms with Gasteiger partial charge in [-0.3, -0.25) is 9.89 Å². The molecule has 3 aromatic heterocycles. The lowest BCUT2D eigenvalue weighted by atomic mass is 10.0. The fraction of sp³-hybridized carbons (Fsp3) is 0.273. The van der Waals surface area contributed by atoms with Crippen LogP contribution in [-0.2, 0) is 17.5 Å². The van der Waals surface area contributed by atoms with Crippen LogP contribution < -0.4 is 5.73 Å². The van der Waals surface area contributed by atoms with Crippen molar-refractivity contribution in [3.8, 4) is 0 Å². The minimum atomic E-state index is -4.55. The van der Waals surface area contributed by atoms with Gasteiger partial charge in [0.05, 0.1) is 47.1 Å². The number of H-pyrrole nitrogens is 1. The molecule has 4 aromatic rings. The lowest BCUT2D eigenvalue weighted by molar-refractivity contribution is -0.141. The molecule has 1 atom stereocenters. The molecule has 11 heteroatoms. The highest BCUT2D eigenvalue weighted by Gasteiger charge is 2.35. The summed E-state index contributed by atoms with van der Waals surface area (Å²) in [6.07, 6.45) is -4.55. The van der Waals surface area contributed by atoms with Gasteiger partial charge in [-0.05, 0) is 31.2 Å². The number of pyridine rings is 2. The number of carbonyl (C=O) groups excluding carboxylic acids is 1. The molecule has 8 nitrogen and oxygen atoms in total. The lowest BCUT2D eigenvalue weighted by Crippen LogP contribution is -2.36. The Morgan fingerprint density at radius 1 is 1.24 bits per heavy atom. The summed E-state index contributed by atoms with van der Waals surface area (Å²) in [7, 11) is 1.59. The molecule has 0 aliphatic carbocycles. The number of anilines is 1. The quantitative estimate of drug-likeness (QED) is 0.475. The van der Waals surface area contributed by atoms with E-state index in [2.05, 4.69) is 20.2 Å². The third-order valence-corrected chi connectivity index (χ3v) is 5.92. The number of halogens is 3. The van der Waals surface area contributed by atoms with Crippen molar-refractivity contribution >= 4 is 33.5 Å². The van der Waals surface area contributed by atoms with Gasteiger partial charge in [-0.1, -0.05) is 6.07 Å². The molecule has 1 amide bonds. The molecule has 1 aliphatic heterocycles. The van der Waals surface area contributed by atoms with E-state index in [0.29, 0.717) is 44.4 Å². The summed E-state index contributed by atoms with van der Waals surface area (Å²) in [6.45, 7) is 1.92. The minimum absolute atomic E-state index is 0.0436. The molecule has 0 saturated heterocycles. The van der Waals surface area contributed by atoms with E-state index in [1.807, 2.05) is 6.92 Å². The first-order chi connectivity index (χ1) is 15.6. The van der Waals surface area contributed by atoms with Crippen molar-refractivity contribution < 1.29 is 22.7 Å². The molecular formula is C22H19F3N6O2. The number of ether oxygens (including phenoxy) is 1. The van der Waals surface area contributed by atoms with Gasteiger partial charge in [0.2, 0.25) is 0 Å². The van der Waals surface area contributed by atoms with Gasteiger partial charge in [0.15, 0.2) is 0 Å². The van der Waals surface area contributed by atoms with E-state index in [-0.39, 0.29) is 24.8 Å². The molecule has 5 rings (SSSR count). The van der Waals surface area contributed by atoms with Gasteiger partial charge >= 0.3 is 6.18 Å². The van der Waals surface area contributed by atoms with Crippen molar-refractivity contribution in [2.45, 2.75) is 25.7 Å². The molecule has 1 aliphatic rings. The van der Waals surface area contributed by atoms with E-state index in [1.54, 1.807) is 25.2 Å². The number of aromatic amines is 1. The summed E-state index contributed by atoms with van der Waals surface area (Å²) in [5, 5.41) is 8.53. The summed E-state index contributed by atoms with van der Waals surface area (Å²) in [5.41, 5.74) is 8.16. The molecule has 1 aromatic carbocycles. The number of aryl methyl sites for hydroxylation is 1. The number of amides is 1. The van der Waals surface area contributed by atoms with Gasteiger partial charge < -0.3 is 15.4 Å². The van der Waals surface area contributed by atoms with E-state index < -0.39 is 17.9 Å². The van der Waals surface area contributed by atoms with Gasteiger partial charge in [-0.2, -0.15) is 18.3 Å². The lowest BCUT2D eigenvalue weighted by Gasteiger charge is -2.33. The highest BCUT2D eigenvalue weighted by molar-refractivity contribution is 6.10. The van der Waals surface area contributed by atoms with Crippen LogP contribution in [0.5, 0.6) is 0 Å². The Balaban J connectivity index is 1.52. The van der Waals surface area contributed by atoms with Crippen molar-refractivity contribution in [3.63, 3.8) is 0 Å². The number of rotatable bonds is 2. The third-order valence-electron chi connectivity index (χ3n) is 5.92. The Morgan fingerprint density at radius 3 is 2.79 bits per heavy atom. The first kappa shape index (κ1) is 21.1. The van der Waals surface area contributed by atoms with Crippen molar-refractivity contribution in [1.82, 2.24) is 25.1 Å². The summed E-state index contributed by atoms with van der Waals surface area (Å²) in [6, 6.07) is 6.76. The number of hydrogen-bond donors (Lipinski definition) is 2. The number of alkyl halides is 3. The standard InChI is InChI=1S/C22H19F3N6O2/c1-10-18-19(30-29-10)13-7-11(3-5-14(13)28-20(18)26)21(32)31(2)16-9-33-8-15-12(16)4-6-17(27-15)22(23,24)25/h3-7,16H,8-9H2,1-2H3,(H2,26,28)(H,29,30)/t16-/m1/s1. The van der Waals surface area contributed by atoms with Gasteiger partial charge in [-0.25, -0.2) is 9.97 Å². The predicted octanol–water partition coefficient (Wildman–Crippen LogP) is 3.76. The van der Waals surface area contributed by atoms with Crippen LogP contribution in [0.4, 0.5) is 19.0 Å². The Morgan fingerprint density at radius 2 is 2.03 bits per heavy atom. The molecule has 0 spiro atoms. The van der Waals surface area contributed by atoms with Crippen LogP contribution in [0.15, 0.2) is 30.3 Å². The number of nitrogens with zero attached hydrogens (tertiary/aromatic N) is 4. The number of fused-ring (bicyclic) bond motifs is 4. The van der Waals surface area contributed by atoms with E-state index in [1.165, 1.54) is 11.0 Å². The summed E-state index contributed by atoms with van der Waals surface area (Å²) in [4.78, 5) is 22.9. The first-order valence-electron chi connectivity index (χ1n) is 10.1. The van der Waals surface area contributed by atoms with Gasteiger partial charge in [0, 0.05) is 23.6 Å². The van der Waals surface area contributed by atoms with Crippen LogP contribution in [0.25, 0.3) is 21.8 Å². The molecule has 4 heterocycles. The largest absolute Gasteiger partial charge is 0.433 e. The smallest absolute Gasteiger partial charge is 0.383 e. The summed E-state index contributed by atoms with van der Waals surface area (Å²) >= 11 is 0. The zero-order chi connectivity index (χ0) is 23.5. The average Bonchev–Trinajstić information content (AvgIpc) is 3.19. The SMILES string of the molecule is Cc1n[nH]c2c1c(N)nc1ccc(C(=O)N(C)[C@@H]3COCc4nc(C(F)(F)F)ccc43)cc12. The van der Waals surface area contributed by atoms with Gasteiger partial charge in [0.1, 0.15) is 11.5 Å². The molecule has 33 heavy (non-hydrogen) atoms. The van der Waals surface area contributed by atoms with E-state index in [9.17, 15) is 18.0 Å². The number of hydrogen-bond acceptors (Lipinski definition) is 6. The maximum absolute atomic E-state index is 13.3. The van der Waals surface area contributed by atoms with Crippen LogP contribution in [0, 0.1) is 6.92 Å². The Bertz CT molecular complexity index is 1420. The fourth-order valence-electron chi connectivity index (χ4n) is 4.20. The predicted molar refractivity (Wildman–Crippen MR) is 114 cm³/mol. The van der Waals surface area contributed by atoms with Crippen molar-refractivity contribution in [2.75, 3.05) is 19.4 Å². The highest BCUT2D eigenvalue weighted by atomic mass is 19.4. The number of nitrogens with two attached hydrogens (primary N) is 1. The van der Waals surface area contributed by atoms with Crippen molar-refractivity contribution in [1.29, 1.82) is 0 Å². The Kier molecular flexibility index (Phi) is 4.74. The van der Waals surface area contributed by atoms with Gasteiger partial charge in [0.25, 0.3) is 5.91 Å². The number of aromatic nitrogens is 4. The molecule has 0 saturated carbocycles. The number of nitrogen functional groups attached to an aromatic ring is 1. The fourth-order valence-corrected chi connectivity index (χ4v) is 4.20.